The Labute approximate surface area is 140 Å². The molecular formula is C20H30O3. The number of aliphatic hydroxyl groups is 1. The number of unbranched alkanes of at least 4 members (excludes halogenated alkanes) is 1. The van der Waals surface area contributed by atoms with Crippen LogP contribution < -0.4 is 0 Å². The van der Waals surface area contributed by atoms with Crippen molar-refractivity contribution >= 4 is 5.97 Å². The normalized spacial score (nSPS) is 14.2. The molecule has 0 rings (SSSR count). The van der Waals surface area contributed by atoms with Crippen molar-refractivity contribution in [3.05, 3.63) is 60.8 Å². The quantitative estimate of drug-likeness (QED) is 0.286. The zero-order valence-corrected chi connectivity index (χ0v) is 14.1. The largest absolute Gasteiger partial charge is 0.481 e. The second-order valence-corrected chi connectivity index (χ2v) is 5.20. The molecule has 0 saturated heterocycles. The van der Waals surface area contributed by atoms with Gasteiger partial charge in [-0.3, -0.25) is 4.79 Å². The summed E-state index contributed by atoms with van der Waals surface area (Å²) in [5.41, 5.74) is 0. The molecule has 128 valence electrons. The molecule has 3 nitrogen and oxygen atoms in total. The lowest BCUT2D eigenvalue weighted by Crippen LogP contribution is -1.97. The summed E-state index contributed by atoms with van der Waals surface area (Å²) >= 11 is 0. The van der Waals surface area contributed by atoms with E-state index in [0.29, 0.717) is 6.42 Å². The summed E-state index contributed by atoms with van der Waals surface area (Å²) in [7, 11) is 0. The first-order valence-corrected chi connectivity index (χ1v) is 8.35. The van der Waals surface area contributed by atoms with Crippen LogP contribution in [0, 0.1) is 0 Å². The van der Waals surface area contributed by atoms with Crippen molar-refractivity contribution in [3.8, 4) is 0 Å². The molecule has 0 heterocycles. The fourth-order valence-corrected chi connectivity index (χ4v) is 1.69. The summed E-state index contributed by atoms with van der Waals surface area (Å²) in [6.45, 7) is 1.95. The number of aliphatic carboxylic acids is 1. The van der Waals surface area contributed by atoms with Gasteiger partial charge in [-0.2, -0.15) is 0 Å². The molecular weight excluding hydrogens is 288 g/mol. The lowest BCUT2D eigenvalue weighted by Gasteiger charge is -1.95. The minimum atomic E-state index is -0.727. The van der Waals surface area contributed by atoms with Crippen molar-refractivity contribution in [2.24, 2.45) is 0 Å². The summed E-state index contributed by atoms with van der Waals surface area (Å²) in [5, 5.41) is 17.8. The molecule has 0 saturated carbocycles. The van der Waals surface area contributed by atoms with Gasteiger partial charge < -0.3 is 10.2 Å². The summed E-state index contributed by atoms with van der Waals surface area (Å²) < 4.78 is 0. The van der Waals surface area contributed by atoms with E-state index in [1.807, 2.05) is 25.2 Å². The average molecular weight is 318 g/mol. The maximum absolute atomic E-state index is 10.3. The topological polar surface area (TPSA) is 57.5 Å². The first-order valence-electron chi connectivity index (χ1n) is 8.35. The minimum absolute atomic E-state index is 0.244. The summed E-state index contributed by atoms with van der Waals surface area (Å²) in [6.07, 6.45) is 25.2. The standard InChI is InChI=1S/C20H30O3/c1-2-19(21)17-15-13-11-9-7-5-3-4-6-8-10-12-14-16-18-20(22)23/h4-7,10-13,15,17,19,21H,2-3,8-9,14,16,18H2,1H3,(H,22,23)/t19-/m1/s1. The van der Waals surface area contributed by atoms with E-state index in [1.54, 1.807) is 6.08 Å². The zero-order valence-electron chi connectivity index (χ0n) is 14.1. The van der Waals surface area contributed by atoms with Crippen LogP contribution in [0.25, 0.3) is 0 Å². The third-order valence-corrected chi connectivity index (χ3v) is 3.08. The van der Waals surface area contributed by atoms with Gasteiger partial charge in [-0.1, -0.05) is 67.7 Å². The van der Waals surface area contributed by atoms with Crippen molar-refractivity contribution in [1.29, 1.82) is 0 Å². The lowest BCUT2D eigenvalue weighted by molar-refractivity contribution is -0.137. The number of carboxylic acid groups (broad SMARTS) is 1. The highest BCUT2D eigenvalue weighted by Gasteiger charge is 1.92. The Balaban J connectivity index is 3.55. The average Bonchev–Trinajstić information content (AvgIpc) is 2.53. The molecule has 0 aliphatic heterocycles. The maximum Gasteiger partial charge on any atom is 0.303 e. The molecule has 0 fully saturated rings. The van der Waals surface area contributed by atoms with Crippen molar-refractivity contribution in [1.82, 2.24) is 0 Å². The number of allylic oxidation sites excluding steroid dienone is 9. The van der Waals surface area contributed by atoms with Gasteiger partial charge in [0.25, 0.3) is 0 Å². The van der Waals surface area contributed by atoms with E-state index < -0.39 is 5.97 Å². The number of carboxylic acids is 1. The molecule has 0 radical (unpaired) electrons. The molecule has 0 amide bonds. The van der Waals surface area contributed by atoms with E-state index in [2.05, 4.69) is 36.5 Å². The molecule has 3 heteroatoms. The number of aliphatic hydroxyl groups excluding tert-OH is 1. The van der Waals surface area contributed by atoms with Crippen molar-refractivity contribution < 1.29 is 15.0 Å². The van der Waals surface area contributed by atoms with Gasteiger partial charge in [-0.25, -0.2) is 0 Å². The van der Waals surface area contributed by atoms with Crippen LogP contribution in [0.5, 0.6) is 0 Å². The first-order chi connectivity index (χ1) is 11.2. The van der Waals surface area contributed by atoms with Crippen LogP contribution in [-0.4, -0.2) is 22.3 Å². The van der Waals surface area contributed by atoms with Gasteiger partial charge in [-0.15, -0.1) is 0 Å². The zero-order chi connectivity index (χ0) is 17.2. The van der Waals surface area contributed by atoms with E-state index >= 15 is 0 Å². The van der Waals surface area contributed by atoms with Crippen LogP contribution in [0.3, 0.4) is 0 Å². The van der Waals surface area contributed by atoms with Gasteiger partial charge in [0.05, 0.1) is 6.10 Å². The summed E-state index contributed by atoms with van der Waals surface area (Å²) in [5.74, 6) is -0.727. The Morgan fingerprint density at radius 3 is 2.04 bits per heavy atom. The van der Waals surface area contributed by atoms with Gasteiger partial charge >= 0.3 is 5.97 Å². The van der Waals surface area contributed by atoms with E-state index in [0.717, 1.165) is 32.1 Å². The Kier molecular flexibility index (Phi) is 15.2. The first kappa shape index (κ1) is 21.1. The van der Waals surface area contributed by atoms with Crippen molar-refractivity contribution in [3.63, 3.8) is 0 Å². The molecule has 0 aromatic rings. The number of rotatable bonds is 13. The third kappa shape index (κ3) is 18.1. The molecule has 2 N–H and O–H groups in total. The smallest absolute Gasteiger partial charge is 0.303 e. The minimum Gasteiger partial charge on any atom is -0.481 e. The van der Waals surface area contributed by atoms with Crippen LogP contribution in [0.1, 0.15) is 51.9 Å². The second-order valence-electron chi connectivity index (χ2n) is 5.20. The highest BCUT2D eigenvalue weighted by molar-refractivity contribution is 5.66. The van der Waals surface area contributed by atoms with Crippen LogP contribution in [0.4, 0.5) is 0 Å². The summed E-state index contributed by atoms with van der Waals surface area (Å²) in [6, 6.07) is 0. The van der Waals surface area contributed by atoms with Gasteiger partial charge in [0.1, 0.15) is 0 Å². The predicted octanol–water partition coefficient (Wildman–Crippen LogP) is 4.96. The molecule has 0 aromatic carbocycles. The van der Waals surface area contributed by atoms with Gasteiger partial charge in [-0.05, 0) is 38.5 Å². The van der Waals surface area contributed by atoms with Crippen molar-refractivity contribution in [2.45, 2.75) is 58.0 Å². The Morgan fingerprint density at radius 2 is 1.48 bits per heavy atom. The van der Waals surface area contributed by atoms with Crippen LogP contribution in [0.15, 0.2) is 60.8 Å². The van der Waals surface area contributed by atoms with Crippen LogP contribution >= 0.6 is 0 Å². The second kappa shape index (κ2) is 16.5. The van der Waals surface area contributed by atoms with Crippen LogP contribution in [0.2, 0.25) is 0 Å². The SMILES string of the molecule is CC[C@@H](O)C=CC=CCC=CCC=CCC=CCCCC(=O)O. The van der Waals surface area contributed by atoms with Crippen LogP contribution in [-0.2, 0) is 4.79 Å². The Hall–Kier alpha value is -1.87. The maximum atomic E-state index is 10.3. The Morgan fingerprint density at radius 1 is 0.913 bits per heavy atom. The van der Waals surface area contributed by atoms with E-state index in [1.165, 1.54) is 0 Å². The van der Waals surface area contributed by atoms with Gasteiger partial charge in [0, 0.05) is 6.42 Å². The highest BCUT2D eigenvalue weighted by Crippen LogP contribution is 1.99. The third-order valence-electron chi connectivity index (χ3n) is 3.08. The molecule has 23 heavy (non-hydrogen) atoms. The van der Waals surface area contributed by atoms with E-state index in [9.17, 15) is 9.90 Å². The molecule has 0 aromatic heterocycles. The number of hydrogen-bond acceptors (Lipinski definition) is 2. The molecule has 0 spiro atoms. The number of hydrogen-bond donors (Lipinski definition) is 2. The fourth-order valence-electron chi connectivity index (χ4n) is 1.69. The van der Waals surface area contributed by atoms with Gasteiger partial charge in [0.15, 0.2) is 0 Å². The predicted molar refractivity (Wildman–Crippen MR) is 97.3 cm³/mol. The molecule has 0 aliphatic carbocycles. The molecule has 1 atom stereocenters. The fraction of sp³-hybridized carbons (Fsp3) is 0.450. The summed E-state index contributed by atoms with van der Waals surface area (Å²) in [4.78, 5) is 10.3. The molecule has 0 bridgehead atoms. The van der Waals surface area contributed by atoms with Crippen molar-refractivity contribution in [2.75, 3.05) is 0 Å². The van der Waals surface area contributed by atoms with Gasteiger partial charge in [0.2, 0.25) is 0 Å². The lowest BCUT2D eigenvalue weighted by atomic mass is 10.2. The molecule has 0 unspecified atom stereocenters. The van der Waals surface area contributed by atoms with E-state index in [-0.39, 0.29) is 12.5 Å². The molecule has 0 aliphatic rings. The van der Waals surface area contributed by atoms with E-state index in [4.69, 9.17) is 5.11 Å². The number of carbonyl (C=O) groups is 1. The highest BCUT2D eigenvalue weighted by atomic mass is 16.4. The monoisotopic (exact) mass is 318 g/mol. The Bertz CT molecular complexity index is 428.